The van der Waals surface area contributed by atoms with Gasteiger partial charge in [-0.2, -0.15) is 0 Å². The molecule has 2 spiro atoms. The van der Waals surface area contributed by atoms with Crippen molar-refractivity contribution in [2.45, 2.75) is 185 Å². The minimum Gasteiger partial charge on any atom is -0.490 e. The van der Waals surface area contributed by atoms with Gasteiger partial charge in [-0.05, 0) is 258 Å². The average molecular weight is 1440 g/mol. The molecule has 4 aliphatic carbocycles. The standard InChI is InChI=1S/2C36H47ClN2O5S3/c2*1-23-6-3-15-36(41,34-45-16-5-17-46-34)30-11-8-27(30)20-39-21-35(14-4-7-25-18-28(37)10-12-29(25)35)22-44-32-13-9-26(19-31(32)39)33(40)38-47(42,43)24(23)2/h2*9-10,12-13,18-19,23-24,27,30,34,41H,3-8,11,14-17,20-22H2,1-2H3,(H,38,40)/t23-,24+,27-,30+,35-,36+;23-,24+,27-,30+,35-,36-/m00/s1. The molecule has 22 heteroatoms. The van der Waals surface area contributed by atoms with Crippen LogP contribution in [0.3, 0.4) is 0 Å². The molecule has 0 radical (unpaired) electrons. The van der Waals surface area contributed by atoms with Gasteiger partial charge >= 0.3 is 0 Å². The van der Waals surface area contributed by atoms with E-state index >= 15 is 0 Å². The van der Waals surface area contributed by atoms with Gasteiger partial charge in [0, 0.05) is 58.2 Å². The maximum Gasteiger partial charge on any atom is 0.264 e. The zero-order chi connectivity index (χ0) is 66.0. The van der Waals surface area contributed by atoms with Gasteiger partial charge in [0.2, 0.25) is 20.0 Å². The number of anilines is 2. The average Bonchev–Trinajstić information content (AvgIpc) is 1.32. The Morgan fingerprint density at radius 3 is 1.30 bits per heavy atom. The molecule has 4 N–H and O–H groups in total. The fourth-order valence-corrected chi connectivity index (χ4v) is 27.3. The Balaban J connectivity index is 0.000000171. The van der Waals surface area contributed by atoms with Crippen LogP contribution in [0.4, 0.5) is 11.4 Å². The molecule has 14 rings (SSSR count). The van der Waals surface area contributed by atoms with E-state index in [-0.39, 0.29) is 43.7 Å². The van der Waals surface area contributed by atoms with Crippen molar-refractivity contribution in [3.8, 4) is 11.5 Å². The number of halogens is 2. The molecule has 4 fully saturated rings. The van der Waals surface area contributed by atoms with E-state index in [0.717, 1.165) is 147 Å². The number of carbonyl (C=O) groups is 2. The van der Waals surface area contributed by atoms with Crippen LogP contribution in [0.25, 0.3) is 0 Å². The highest BCUT2D eigenvalue weighted by atomic mass is 35.5. The Hall–Kier alpha value is -3.18. The Kier molecular flexibility index (Phi) is 20.7. The molecule has 2 saturated heterocycles. The summed E-state index contributed by atoms with van der Waals surface area (Å²) in [6.45, 7) is 11.2. The number of rotatable bonds is 2. The number of nitrogens with one attached hydrogen (secondary N) is 2. The summed E-state index contributed by atoms with van der Waals surface area (Å²) in [4.78, 5) is 31.8. The predicted molar refractivity (Wildman–Crippen MR) is 387 cm³/mol. The Morgan fingerprint density at radius 1 is 0.511 bits per heavy atom. The topological polar surface area (TPSA) is 192 Å². The Labute approximate surface area is 584 Å². The molecule has 10 aliphatic rings. The van der Waals surface area contributed by atoms with Crippen molar-refractivity contribution in [3.63, 3.8) is 0 Å². The van der Waals surface area contributed by atoms with Crippen molar-refractivity contribution in [1.29, 1.82) is 0 Å². The summed E-state index contributed by atoms with van der Waals surface area (Å²) >= 11 is 20.5. The second-order valence-corrected chi connectivity index (χ2v) is 39.8. The number of nitrogens with zero attached hydrogens (tertiary/aromatic N) is 2. The number of aryl methyl sites for hydroxylation is 2. The van der Waals surface area contributed by atoms with Gasteiger partial charge in [0.05, 0.1) is 55.5 Å². The van der Waals surface area contributed by atoms with Gasteiger partial charge in [0.25, 0.3) is 11.8 Å². The van der Waals surface area contributed by atoms with Crippen LogP contribution in [0, 0.1) is 35.5 Å². The summed E-state index contributed by atoms with van der Waals surface area (Å²) < 4.78 is 72.1. The quantitative estimate of drug-likeness (QED) is 0.148. The van der Waals surface area contributed by atoms with E-state index in [2.05, 4.69) is 43.5 Å². The number of hydrogen-bond acceptors (Lipinski definition) is 16. The first-order valence-electron chi connectivity index (χ1n) is 34.6. The molecule has 4 bridgehead atoms. The molecule has 12 atom stereocenters. The first kappa shape index (κ1) is 69.3. The van der Waals surface area contributed by atoms with Crippen molar-refractivity contribution in [3.05, 3.63) is 116 Å². The van der Waals surface area contributed by atoms with Gasteiger partial charge in [-0.25, -0.2) is 26.3 Å². The van der Waals surface area contributed by atoms with Crippen LogP contribution < -0.4 is 28.7 Å². The molecule has 6 heterocycles. The first-order chi connectivity index (χ1) is 45.0. The van der Waals surface area contributed by atoms with E-state index in [0.29, 0.717) is 86.4 Å². The number of fused-ring (bicyclic) bond motifs is 8. The van der Waals surface area contributed by atoms with Crippen molar-refractivity contribution in [2.24, 2.45) is 35.5 Å². The third-order valence-electron chi connectivity index (χ3n) is 23.6. The number of amides is 2. The molecule has 94 heavy (non-hydrogen) atoms. The third-order valence-corrected chi connectivity index (χ3v) is 34.5. The van der Waals surface area contributed by atoms with E-state index in [4.69, 9.17) is 32.7 Å². The number of ether oxygens (including phenoxy) is 2. The third kappa shape index (κ3) is 13.8. The highest BCUT2D eigenvalue weighted by Gasteiger charge is 2.55. The molecule has 6 aliphatic heterocycles. The van der Waals surface area contributed by atoms with Gasteiger partial charge in [-0.3, -0.25) is 9.59 Å². The minimum absolute atomic E-state index is 0.117. The van der Waals surface area contributed by atoms with Crippen LogP contribution in [-0.4, -0.2) is 132 Å². The monoisotopic (exact) mass is 1440 g/mol. The van der Waals surface area contributed by atoms with E-state index < -0.39 is 53.6 Å². The predicted octanol–water partition coefficient (Wildman–Crippen LogP) is 14.1. The number of carbonyl (C=O) groups excluding carboxylic acids is 2. The van der Waals surface area contributed by atoms with E-state index in [1.54, 1.807) is 26.0 Å². The highest BCUT2D eigenvalue weighted by molar-refractivity contribution is 8.18. The van der Waals surface area contributed by atoms with Gasteiger partial charge in [0.1, 0.15) is 11.5 Å². The molecule has 14 nitrogen and oxygen atoms in total. The van der Waals surface area contributed by atoms with Crippen molar-refractivity contribution < 1.29 is 46.1 Å². The SMILES string of the molecule is C[C@@H]1[C@@H](C)CCC[C@@](O)(C2SCCCS2)[C@@H]2CC[C@H]2CN2C[C@@]3(CCCc4cc(Cl)ccc43)COc3ccc(cc32)C(=O)NS1(=O)=O.C[C@@H]1[C@@H](C)CCC[C@](O)(C2SCCCS2)[C@@H]2CC[C@H]2CN2C[C@@]3(CCCc4cc(Cl)ccc43)COc3ccc(cc32)C(=O)NS1(=O)=O. The van der Waals surface area contributed by atoms with Crippen molar-refractivity contribution in [2.75, 3.05) is 72.2 Å². The van der Waals surface area contributed by atoms with Gasteiger partial charge in [-0.15, -0.1) is 47.0 Å². The molecule has 2 amide bonds. The molecule has 0 unspecified atom stereocenters. The fraction of sp³-hybridized carbons (Fsp3) is 0.639. The summed E-state index contributed by atoms with van der Waals surface area (Å²) in [5, 5.41) is 25.5. The second-order valence-electron chi connectivity index (χ2n) is 29.4. The van der Waals surface area contributed by atoms with Crippen LogP contribution in [0.1, 0.15) is 173 Å². The lowest BCUT2D eigenvalue weighted by Crippen LogP contribution is -2.56. The van der Waals surface area contributed by atoms with Crippen LogP contribution in [0.2, 0.25) is 10.0 Å². The zero-order valence-electron chi connectivity index (χ0n) is 54.8. The number of hydrogen-bond donors (Lipinski definition) is 4. The van der Waals surface area contributed by atoms with E-state index in [9.17, 15) is 36.6 Å². The van der Waals surface area contributed by atoms with Crippen molar-refractivity contribution >= 4 is 113 Å². The molecule has 4 aromatic carbocycles. The van der Waals surface area contributed by atoms with Crippen LogP contribution >= 0.6 is 70.2 Å². The molecular weight excluding hydrogens is 1340 g/mol. The fourth-order valence-electron chi connectivity index (χ4n) is 17.5. The van der Waals surface area contributed by atoms with Crippen LogP contribution in [0.15, 0.2) is 72.8 Å². The molecule has 2 saturated carbocycles. The van der Waals surface area contributed by atoms with Crippen LogP contribution in [0.5, 0.6) is 11.5 Å². The normalized spacial score (nSPS) is 34.6. The summed E-state index contributed by atoms with van der Waals surface area (Å²) in [6, 6.07) is 23.1. The maximum absolute atomic E-state index is 13.5. The highest BCUT2D eigenvalue weighted by Crippen LogP contribution is 2.57. The zero-order valence-corrected chi connectivity index (χ0v) is 61.2. The summed E-state index contributed by atoms with van der Waals surface area (Å²) in [5.74, 6) is 5.00. The lowest BCUT2D eigenvalue weighted by molar-refractivity contribution is -0.0768. The number of benzene rings is 4. The van der Waals surface area contributed by atoms with Gasteiger partial charge in [-0.1, -0.05) is 62.0 Å². The lowest BCUT2D eigenvalue weighted by Gasteiger charge is -2.53. The second kappa shape index (κ2) is 28.1. The lowest BCUT2D eigenvalue weighted by atomic mass is 9.63. The van der Waals surface area contributed by atoms with E-state index in [1.807, 2.05) is 97.3 Å². The largest absolute Gasteiger partial charge is 0.490 e. The molecule has 0 aromatic heterocycles. The molecule has 4 aromatic rings. The first-order valence-corrected chi connectivity index (χ1v) is 42.7. The Bertz CT molecular complexity index is 3470. The minimum atomic E-state index is -3.92. The number of aliphatic hydroxyl groups is 2. The number of sulfonamides is 2. The molecule has 512 valence electrons. The summed E-state index contributed by atoms with van der Waals surface area (Å²) in [6.07, 6.45) is 16.5. The number of thioether (sulfide) groups is 4. The van der Waals surface area contributed by atoms with E-state index in [1.165, 1.54) is 22.3 Å². The van der Waals surface area contributed by atoms with Crippen LogP contribution in [-0.2, 0) is 43.7 Å². The maximum atomic E-state index is 13.5. The summed E-state index contributed by atoms with van der Waals surface area (Å²) in [7, 11) is -7.84. The van der Waals surface area contributed by atoms with Gasteiger partial charge in [0.15, 0.2) is 0 Å². The van der Waals surface area contributed by atoms with Crippen molar-refractivity contribution in [1.82, 2.24) is 9.44 Å². The molecular formula is C72H94Cl2N4O10S6. The smallest absolute Gasteiger partial charge is 0.264 e. The Morgan fingerprint density at radius 2 is 0.915 bits per heavy atom. The van der Waals surface area contributed by atoms with Gasteiger partial charge < -0.3 is 29.5 Å². The summed E-state index contributed by atoms with van der Waals surface area (Å²) in [5.41, 5.74) is 5.14.